The third-order valence-electron chi connectivity index (χ3n) is 2.20. The van der Waals surface area contributed by atoms with E-state index in [1.807, 2.05) is 0 Å². The van der Waals surface area contributed by atoms with Crippen molar-refractivity contribution in [3.63, 3.8) is 0 Å². The van der Waals surface area contributed by atoms with E-state index in [2.05, 4.69) is 4.74 Å². The summed E-state index contributed by atoms with van der Waals surface area (Å²) in [5.41, 5.74) is -2.17. The predicted molar refractivity (Wildman–Crippen MR) is 45.1 cm³/mol. The van der Waals surface area contributed by atoms with Crippen LogP contribution >= 0.6 is 11.6 Å². The molecule has 0 radical (unpaired) electrons. The molecule has 1 heterocycles. The quantitative estimate of drug-likeness (QED) is 0.665. The summed E-state index contributed by atoms with van der Waals surface area (Å²) in [5.74, 6) is 0. The molecule has 0 spiro atoms. The molecule has 0 saturated carbocycles. The van der Waals surface area contributed by atoms with Crippen molar-refractivity contribution in [3.05, 3.63) is 34.9 Å². The smallest absolute Gasteiger partial charge is 0.355 e. The summed E-state index contributed by atoms with van der Waals surface area (Å²) in [5, 5.41) is 0.0855. The molecule has 0 N–H and O–H groups in total. The number of alkyl halides is 3. The van der Waals surface area contributed by atoms with Crippen molar-refractivity contribution in [2.24, 2.45) is 0 Å². The first-order valence-electron chi connectivity index (χ1n) is 3.93. The van der Waals surface area contributed by atoms with Gasteiger partial charge in [-0.2, -0.15) is 13.2 Å². The van der Waals surface area contributed by atoms with E-state index in [-0.39, 0.29) is 17.2 Å². The highest BCUT2D eigenvalue weighted by Crippen LogP contribution is 2.53. The molecule has 1 aliphatic rings. The fourth-order valence-corrected chi connectivity index (χ4v) is 1.62. The molecule has 1 aliphatic heterocycles. The highest BCUT2D eigenvalue weighted by Gasteiger charge is 2.67. The molecule has 1 aromatic carbocycles. The van der Waals surface area contributed by atoms with Crippen molar-refractivity contribution in [1.29, 1.82) is 0 Å². The number of benzene rings is 1. The zero-order valence-corrected chi connectivity index (χ0v) is 7.69. The molecule has 1 saturated heterocycles. The summed E-state index contributed by atoms with van der Waals surface area (Å²) < 4.78 is 42.3. The van der Waals surface area contributed by atoms with Crippen LogP contribution in [0.25, 0.3) is 0 Å². The highest BCUT2D eigenvalue weighted by atomic mass is 35.5. The molecular weight excluding hydrogens is 217 g/mol. The van der Waals surface area contributed by atoms with Crippen molar-refractivity contribution in [2.45, 2.75) is 11.8 Å². The van der Waals surface area contributed by atoms with E-state index < -0.39 is 11.8 Å². The van der Waals surface area contributed by atoms with E-state index in [1.54, 1.807) is 6.07 Å². The maximum absolute atomic E-state index is 12.6. The second-order valence-electron chi connectivity index (χ2n) is 3.09. The van der Waals surface area contributed by atoms with Gasteiger partial charge in [-0.25, -0.2) is 0 Å². The van der Waals surface area contributed by atoms with Gasteiger partial charge < -0.3 is 4.74 Å². The Kier molecular flexibility index (Phi) is 2.01. The van der Waals surface area contributed by atoms with Crippen LogP contribution in [0.5, 0.6) is 0 Å². The average Bonchev–Trinajstić information content (AvgIpc) is 2.84. The van der Waals surface area contributed by atoms with Crippen LogP contribution in [0.3, 0.4) is 0 Å². The first-order valence-corrected chi connectivity index (χ1v) is 4.31. The minimum absolute atomic E-state index is 0.00540. The second kappa shape index (κ2) is 2.87. The van der Waals surface area contributed by atoms with Crippen LogP contribution in [-0.4, -0.2) is 12.8 Å². The first-order chi connectivity index (χ1) is 6.47. The van der Waals surface area contributed by atoms with Crippen LogP contribution in [0.1, 0.15) is 5.56 Å². The summed E-state index contributed by atoms with van der Waals surface area (Å²) >= 11 is 5.67. The Morgan fingerprint density at radius 3 is 2.29 bits per heavy atom. The van der Waals surface area contributed by atoms with Crippen LogP contribution in [0.15, 0.2) is 24.3 Å². The van der Waals surface area contributed by atoms with Crippen molar-refractivity contribution in [1.82, 2.24) is 0 Å². The van der Waals surface area contributed by atoms with Gasteiger partial charge in [-0.05, 0) is 6.07 Å². The van der Waals surface area contributed by atoms with Gasteiger partial charge in [0.05, 0.1) is 6.61 Å². The van der Waals surface area contributed by atoms with Crippen molar-refractivity contribution in [3.8, 4) is 0 Å². The Morgan fingerprint density at radius 1 is 1.29 bits per heavy atom. The van der Waals surface area contributed by atoms with Crippen LogP contribution in [0, 0.1) is 0 Å². The van der Waals surface area contributed by atoms with E-state index in [4.69, 9.17) is 11.6 Å². The van der Waals surface area contributed by atoms with Crippen molar-refractivity contribution in [2.75, 3.05) is 6.61 Å². The predicted octanol–water partition coefficient (Wildman–Crippen LogP) is 3.13. The third-order valence-corrected chi connectivity index (χ3v) is 2.53. The van der Waals surface area contributed by atoms with Crippen molar-refractivity contribution >= 4 is 11.6 Å². The Morgan fingerprint density at radius 2 is 1.86 bits per heavy atom. The molecule has 1 nitrogen and oxygen atoms in total. The summed E-state index contributed by atoms with van der Waals surface area (Å²) in [4.78, 5) is 0. The molecule has 14 heavy (non-hydrogen) atoms. The van der Waals surface area contributed by atoms with Gasteiger partial charge in [0, 0.05) is 10.6 Å². The fraction of sp³-hybridized carbons (Fsp3) is 0.333. The zero-order chi connectivity index (χ0) is 10.4. The number of hydrogen-bond acceptors (Lipinski definition) is 1. The Hall–Kier alpha value is -0.740. The Balaban J connectivity index is 2.46. The number of epoxide rings is 1. The number of hydrogen-bond donors (Lipinski definition) is 0. The molecule has 1 unspecified atom stereocenters. The Bertz CT molecular complexity index is 357. The number of ether oxygens (including phenoxy) is 1. The maximum atomic E-state index is 12.6. The van der Waals surface area contributed by atoms with E-state index in [9.17, 15) is 13.2 Å². The zero-order valence-electron chi connectivity index (χ0n) is 6.94. The minimum atomic E-state index is -4.40. The molecule has 76 valence electrons. The molecule has 0 aliphatic carbocycles. The molecule has 2 rings (SSSR count). The first kappa shape index (κ1) is 9.80. The van der Waals surface area contributed by atoms with Gasteiger partial charge in [-0.1, -0.05) is 29.8 Å². The topological polar surface area (TPSA) is 12.5 Å². The fourth-order valence-electron chi connectivity index (χ4n) is 1.33. The third kappa shape index (κ3) is 1.29. The van der Waals surface area contributed by atoms with Gasteiger partial charge in [0.1, 0.15) is 0 Å². The molecular formula is C9H6ClF3O. The normalized spacial score (nSPS) is 26.3. The van der Waals surface area contributed by atoms with Crippen LogP contribution in [0.2, 0.25) is 5.02 Å². The standard InChI is InChI=1S/C9H6ClF3O/c10-7-4-2-1-3-6(7)8(5-14-8)9(11,12)13/h1-4H,5H2. The largest absolute Gasteiger partial charge is 0.424 e. The number of halogens is 4. The van der Waals surface area contributed by atoms with Gasteiger partial charge in [-0.15, -0.1) is 0 Å². The molecule has 0 amide bonds. The molecule has 5 heteroatoms. The lowest BCUT2D eigenvalue weighted by Gasteiger charge is -2.17. The summed E-state index contributed by atoms with van der Waals surface area (Å²) in [6, 6.07) is 5.85. The van der Waals surface area contributed by atoms with Gasteiger partial charge >= 0.3 is 6.18 Å². The average molecular weight is 223 g/mol. The lowest BCUT2D eigenvalue weighted by molar-refractivity contribution is -0.187. The van der Waals surface area contributed by atoms with Gasteiger partial charge in [0.25, 0.3) is 0 Å². The summed E-state index contributed by atoms with van der Waals surface area (Å²) in [6.07, 6.45) is -4.40. The summed E-state index contributed by atoms with van der Waals surface area (Å²) in [7, 11) is 0. The SMILES string of the molecule is FC(F)(F)C1(c2ccccc2Cl)CO1. The Labute approximate surface area is 83.4 Å². The summed E-state index contributed by atoms with van der Waals surface area (Å²) in [6.45, 7) is -0.347. The van der Waals surface area contributed by atoms with E-state index in [0.717, 1.165) is 0 Å². The van der Waals surface area contributed by atoms with Gasteiger partial charge in [-0.3, -0.25) is 0 Å². The van der Waals surface area contributed by atoms with Crippen LogP contribution < -0.4 is 0 Å². The molecule has 1 aromatic rings. The molecule has 1 fully saturated rings. The van der Waals surface area contributed by atoms with E-state index in [0.29, 0.717) is 0 Å². The van der Waals surface area contributed by atoms with Crippen LogP contribution in [0.4, 0.5) is 13.2 Å². The molecule has 0 aromatic heterocycles. The lowest BCUT2D eigenvalue weighted by Crippen LogP contribution is -2.30. The lowest BCUT2D eigenvalue weighted by atomic mass is 9.99. The minimum Gasteiger partial charge on any atom is -0.355 e. The molecule has 0 bridgehead atoms. The maximum Gasteiger partial charge on any atom is 0.424 e. The number of rotatable bonds is 1. The van der Waals surface area contributed by atoms with Gasteiger partial charge in [0.2, 0.25) is 5.60 Å². The van der Waals surface area contributed by atoms with E-state index >= 15 is 0 Å². The van der Waals surface area contributed by atoms with Crippen LogP contribution in [-0.2, 0) is 10.3 Å². The highest BCUT2D eigenvalue weighted by molar-refractivity contribution is 6.31. The van der Waals surface area contributed by atoms with Crippen molar-refractivity contribution < 1.29 is 17.9 Å². The van der Waals surface area contributed by atoms with E-state index in [1.165, 1.54) is 18.2 Å². The monoisotopic (exact) mass is 222 g/mol. The molecule has 1 atom stereocenters. The van der Waals surface area contributed by atoms with Gasteiger partial charge in [0.15, 0.2) is 0 Å². The second-order valence-corrected chi connectivity index (χ2v) is 3.50.